The van der Waals surface area contributed by atoms with E-state index in [0.29, 0.717) is 36.9 Å². The maximum Gasteiger partial charge on any atom is 0.271 e. The van der Waals surface area contributed by atoms with Crippen LogP contribution in [0.5, 0.6) is 17.2 Å². The molecule has 0 saturated heterocycles. The Morgan fingerprint density at radius 2 is 1.79 bits per heavy atom. The Hall–Kier alpha value is -2.54. The van der Waals surface area contributed by atoms with E-state index in [-0.39, 0.29) is 5.91 Å². The number of amides is 1. The highest BCUT2D eigenvalue weighted by atomic mass is 79.9. The summed E-state index contributed by atoms with van der Waals surface area (Å²) >= 11 is 3.51. The Kier molecular flexibility index (Phi) is 8.81. The zero-order chi connectivity index (χ0) is 20.4. The number of nitrogens with one attached hydrogen (secondary N) is 1. The third-order valence-electron chi connectivity index (χ3n) is 3.59. The molecule has 7 heteroatoms. The molecule has 1 N–H and O–H groups in total. The van der Waals surface area contributed by atoms with E-state index in [0.717, 1.165) is 22.2 Å². The van der Waals surface area contributed by atoms with Gasteiger partial charge in [0, 0.05) is 5.56 Å². The minimum absolute atomic E-state index is 0.300. The van der Waals surface area contributed by atoms with Crippen LogP contribution < -0.4 is 19.6 Å². The standard InChI is InChI=1S/C21H25BrN2O4/c1-4-11-28-20-18(22)12-15(13-19(20)27-6-3)14-23-24-21(25)16-7-9-17(10-8-16)26-5-2/h7-10,12-14H,4-6,11H2,1-3H3,(H,24,25)/b23-14-. The molecule has 0 aromatic heterocycles. The molecular weight excluding hydrogens is 424 g/mol. The number of rotatable bonds is 10. The van der Waals surface area contributed by atoms with Gasteiger partial charge in [-0.2, -0.15) is 5.10 Å². The fourth-order valence-electron chi connectivity index (χ4n) is 2.37. The van der Waals surface area contributed by atoms with Crippen LogP contribution in [0.25, 0.3) is 0 Å². The molecule has 0 heterocycles. The molecule has 0 fully saturated rings. The van der Waals surface area contributed by atoms with Gasteiger partial charge in [0.2, 0.25) is 0 Å². The fraction of sp³-hybridized carbons (Fsp3) is 0.333. The van der Waals surface area contributed by atoms with Gasteiger partial charge in [-0.15, -0.1) is 0 Å². The summed E-state index contributed by atoms with van der Waals surface area (Å²) in [5.74, 6) is 1.72. The average molecular weight is 449 g/mol. The van der Waals surface area contributed by atoms with Gasteiger partial charge in [-0.05, 0) is 78.2 Å². The third kappa shape index (κ3) is 6.27. The van der Waals surface area contributed by atoms with Crippen LogP contribution in [-0.2, 0) is 0 Å². The van der Waals surface area contributed by atoms with E-state index in [2.05, 4.69) is 26.5 Å². The average Bonchev–Trinajstić information content (AvgIpc) is 2.68. The van der Waals surface area contributed by atoms with Gasteiger partial charge in [0.1, 0.15) is 5.75 Å². The lowest BCUT2D eigenvalue weighted by atomic mass is 10.2. The molecule has 0 aliphatic rings. The van der Waals surface area contributed by atoms with Gasteiger partial charge in [0.25, 0.3) is 5.91 Å². The quantitative estimate of drug-likeness (QED) is 0.418. The minimum atomic E-state index is -0.300. The Morgan fingerprint density at radius 3 is 2.43 bits per heavy atom. The van der Waals surface area contributed by atoms with Crippen molar-refractivity contribution in [2.24, 2.45) is 5.10 Å². The number of hydrazone groups is 1. The van der Waals surface area contributed by atoms with E-state index in [1.165, 1.54) is 0 Å². The summed E-state index contributed by atoms with van der Waals surface area (Å²) in [7, 11) is 0. The van der Waals surface area contributed by atoms with E-state index in [4.69, 9.17) is 14.2 Å². The van der Waals surface area contributed by atoms with Crippen molar-refractivity contribution in [3.05, 3.63) is 52.0 Å². The number of carbonyl (C=O) groups is 1. The molecule has 150 valence electrons. The van der Waals surface area contributed by atoms with Gasteiger partial charge < -0.3 is 14.2 Å². The van der Waals surface area contributed by atoms with E-state index in [1.807, 2.05) is 32.9 Å². The maximum absolute atomic E-state index is 12.2. The molecule has 2 aromatic rings. The Labute approximate surface area is 174 Å². The number of hydrogen-bond acceptors (Lipinski definition) is 5. The number of nitrogens with zero attached hydrogens (tertiary/aromatic N) is 1. The first-order chi connectivity index (χ1) is 13.6. The monoisotopic (exact) mass is 448 g/mol. The summed E-state index contributed by atoms with van der Waals surface area (Å²) < 4.78 is 17.6. The molecule has 0 unspecified atom stereocenters. The van der Waals surface area contributed by atoms with Gasteiger partial charge in [-0.3, -0.25) is 4.79 Å². The minimum Gasteiger partial charge on any atom is -0.494 e. The lowest BCUT2D eigenvalue weighted by Crippen LogP contribution is -2.17. The Balaban J connectivity index is 2.07. The maximum atomic E-state index is 12.2. The van der Waals surface area contributed by atoms with Crippen molar-refractivity contribution < 1.29 is 19.0 Å². The highest BCUT2D eigenvalue weighted by Crippen LogP contribution is 2.36. The molecule has 6 nitrogen and oxygen atoms in total. The van der Waals surface area contributed by atoms with Crippen LogP contribution in [0.4, 0.5) is 0 Å². The molecule has 0 spiro atoms. The lowest BCUT2D eigenvalue weighted by molar-refractivity contribution is 0.0955. The summed E-state index contributed by atoms with van der Waals surface area (Å²) in [6, 6.07) is 10.6. The third-order valence-corrected chi connectivity index (χ3v) is 4.18. The van der Waals surface area contributed by atoms with Crippen molar-refractivity contribution in [3.8, 4) is 17.2 Å². The van der Waals surface area contributed by atoms with Gasteiger partial charge in [0.05, 0.1) is 30.5 Å². The van der Waals surface area contributed by atoms with Crippen molar-refractivity contribution in [3.63, 3.8) is 0 Å². The normalized spacial score (nSPS) is 10.7. The fourth-order valence-corrected chi connectivity index (χ4v) is 2.94. The molecule has 2 aromatic carbocycles. The summed E-state index contributed by atoms with van der Waals surface area (Å²) in [6.07, 6.45) is 2.46. The zero-order valence-electron chi connectivity index (χ0n) is 16.3. The van der Waals surface area contributed by atoms with Crippen LogP contribution in [-0.4, -0.2) is 31.9 Å². The van der Waals surface area contributed by atoms with E-state index < -0.39 is 0 Å². The van der Waals surface area contributed by atoms with E-state index in [1.54, 1.807) is 30.5 Å². The zero-order valence-corrected chi connectivity index (χ0v) is 17.9. The number of halogens is 1. The molecule has 0 saturated carbocycles. The van der Waals surface area contributed by atoms with Crippen LogP contribution in [0.3, 0.4) is 0 Å². The lowest BCUT2D eigenvalue weighted by Gasteiger charge is -2.14. The van der Waals surface area contributed by atoms with Crippen LogP contribution in [0, 0.1) is 0 Å². The smallest absolute Gasteiger partial charge is 0.271 e. The largest absolute Gasteiger partial charge is 0.494 e. The van der Waals surface area contributed by atoms with Gasteiger partial charge in [0.15, 0.2) is 11.5 Å². The highest BCUT2D eigenvalue weighted by Gasteiger charge is 2.12. The first-order valence-corrected chi connectivity index (χ1v) is 10.0. The molecular formula is C21H25BrN2O4. The van der Waals surface area contributed by atoms with Crippen LogP contribution >= 0.6 is 15.9 Å². The van der Waals surface area contributed by atoms with Crippen LogP contribution in [0.2, 0.25) is 0 Å². The Bertz CT molecular complexity index is 807. The second-order valence-electron chi connectivity index (χ2n) is 5.77. The first kappa shape index (κ1) is 21.8. The second kappa shape index (κ2) is 11.3. The van der Waals surface area contributed by atoms with Crippen molar-refractivity contribution in [2.45, 2.75) is 27.2 Å². The van der Waals surface area contributed by atoms with Crippen LogP contribution in [0.15, 0.2) is 46.0 Å². The SMILES string of the molecule is CCCOc1c(Br)cc(/C=N\NC(=O)c2ccc(OCC)cc2)cc1OCC. The van der Waals surface area contributed by atoms with Gasteiger partial charge in [-0.1, -0.05) is 6.92 Å². The van der Waals surface area contributed by atoms with Crippen molar-refractivity contribution >= 4 is 28.1 Å². The van der Waals surface area contributed by atoms with Crippen molar-refractivity contribution in [1.82, 2.24) is 5.43 Å². The predicted molar refractivity (Wildman–Crippen MR) is 114 cm³/mol. The van der Waals surface area contributed by atoms with Crippen LogP contribution in [0.1, 0.15) is 43.1 Å². The molecule has 0 radical (unpaired) electrons. The molecule has 0 aliphatic carbocycles. The summed E-state index contributed by atoms with van der Waals surface area (Å²) in [6.45, 7) is 7.57. The summed E-state index contributed by atoms with van der Waals surface area (Å²) in [4.78, 5) is 12.2. The number of benzene rings is 2. The Morgan fingerprint density at radius 1 is 1.07 bits per heavy atom. The topological polar surface area (TPSA) is 69.2 Å². The van der Waals surface area contributed by atoms with Crippen molar-refractivity contribution in [2.75, 3.05) is 19.8 Å². The number of hydrogen-bond donors (Lipinski definition) is 1. The highest BCUT2D eigenvalue weighted by molar-refractivity contribution is 9.10. The first-order valence-electron chi connectivity index (χ1n) is 9.24. The number of ether oxygens (including phenoxy) is 3. The molecule has 0 atom stereocenters. The molecule has 1 amide bonds. The predicted octanol–water partition coefficient (Wildman–Crippen LogP) is 4.80. The number of carbonyl (C=O) groups excluding carboxylic acids is 1. The second-order valence-corrected chi connectivity index (χ2v) is 6.62. The summed E-state index contributed by atoms with van der Waals surface area (Å²) in [5, 5.41) is 4.04. The van der Waals surface area contributed by atoms with Gasteiger partial charge >= 0.3 is 0 Å². The molecule has 0 aliphatic heterocycles. The summed E-state index contributed by atoms with van der Waals surface area (Å²) in [5.41, 5.74) is 3.79. The van der Waals surface area contributed by atoms with E-state index >= 15 is 0 Å². The molecule has 2 rings (SSSR count). The molecule has 28 heavy (non-hydrogen) atoms. The van der Waals surface area contributed by atoms with E-state index in [9.17, 15) is 4.79 Å². The van der Waals surface area contributed by atoms with Gasteiger partial charge in [-0.25, -0.2) is 5.43 Å². The molecule has 0 bridgehead atoms. The van der Waals surface area contributed by atoms with Crippen molar-refractivity contribution in [1.29, 1.82) is 0 Å².